The Kier molecular flexibility index (Phi) is 5.42. The molecule has 0 aromatic heterocycles. The smallest absolute Gasteiger partial charge is 0.141 e. The van der Waals surface area contributed by atoms with Gasteiger partial charge in [-0.3, -0.25) is 0 Å². The van der Waals surface area contributed by atoms with Crippen LogP contribution < -0.4 is 10.2 Å². The van der Waals surface area contributed by atoms with Gasteiger partial charge in [0.1, 0.15) is 11.9 Å². The standard InChI is InChI=1S/C19H20ClFN4/c1-24-8-10-25(11-9-24)16-5-2-14(3-6-16)19(13-22)23-15-4-7-18(21)17(20)12-15/h2-7,12,19,23H,8-11H2,1H3. The van der Waals surface area contributed by atoms with Crippen molar-refractivity contribution >= 4 is 23.0 Å². The van der Waals surface area contributed by atoms with Crippen LogP contribution in [-0.4, -0.2) is 38.1 Å². The summed E-state index contributed by atoms with van der Waals surface area (Å²) >= 11 is 5.80. The van der Waals surface area contributed by atoms with E-state index in [1.54, 1.807) is 6.07 Å². The third-order valence-corrected chi connectivity index (χ3v) is 4.74. The lowest BCUT2D eigenvalue weighted by Crippen LogP contribution is -2.44. The summed E-state index contributed by atoms with van der Waals surface area (Å²) in [5, 5.41) is 12.6. The molecule has 1 unspecified atom stereocenters. The lowest BCUT2D eigenvalue weighted by Gasteiger charge is -2.34. The van der Waals surface area contributed by atoms with E-state index in [0.717, 1.165) is 31.7 Å². The molecule has 0 saturated carbocycles. The predicted molar refractivity (Wildman–Crippen MR) is 99.5 cm³/mol. The van der Waals surface area contributed by atoms with E-state index in [9.17, 15) is 9.65 Å². The fourth-order valence-electron chi connectivity index (χ4n) is 2.88. The summed E-state index contributed by atoms with van der Waals surface area (Å²) in [6, 6.07) is 14.1. The highest BCUT2D eigenvalue weighted by Gasteiger charge is 2.16. The van der Waals surface area contributed by atoms with Crippen LogP contribution in [0.4, 0.5) is 15.8 Å². The minimum atomic E-state index is -0.525. The summed E-state index contributed by atoms with van der Waals surface area (Å²) in [4.78, 5) is 4.66. The maximum Gasteiger partial charge on any atom is 0.141 e. The van der Waals surface area contributed by atoms with Crippen LogP contribution in [0.1, 0.15) is 11.6 Å². The Balaban J connectivity index is 1.71. The number of halogens is 2. The molecule has 0 aliphatic carbocycles. The molecule has 1 saturated heterocycles. The molecular formula is C19H20ClFN4. The number of nitrogens with one attached hydrogen (secondary N) is 1. The molecule has 0 bridgehead atoms. The molecule has 2 aromatic carbocycles. The van der Waals surface area contributed by atoms with Gasteiger partial charge in [0, 0.05) is 37.6 Å². The molecule has 0 radical (unpaired) electrons. The number of likely N-dealkylation sites (N-methyl/N-ethyl adjacent to an activating group) is 1. The van der Waals surface area contributed by atoms with E-state index in [1.165, 1.54) is 17.8 Å². The van der Waals surface area contributed by atoms with Gasteiger partial charge in [-0.2, -0.15) is 5.26 Å². The normalized spacial score (nSPS) is 16.3. The van der Waals surface area contributed by atoms with Crippen LogP contribution >= 0.6 is 11.6 Å². The number of nitrogens with zero attached hydrogens (tertiary/aromatic N) is 3. The van der Waals surface area contributed by atoms with Crippen LogP contribution in [0, 0.1) is 17.1 Å². The Hall–Kier alpha value is -2.29. The first-order valence-corrected chi connectivity index (χ1v) is 8.59. The first kappa shape index (κ1) is 17.5. The van der Waals surface area contributed by atoms with E-state index in [2.05, 4.69) is 28.2 Å². The molecule has 4 nitrogen and oxygen atoms in total. The number of benzene rings is 2. The third-order valence-electron chi connectivity index (χ3n) is 4.45. The van der Waals surface area contributed by atoms with Gasteiger partial charge >= 0.3 is 0 Å². The monoisotopic (exact) mass is 358 g/mol. The minimum absolute atomic E-state index is 0.0344. The number of anilines is 2. The zero-order chi connectivity index (χ0) is 17.8. The average molecular weight is 359 g/mol. The van der Waals surface area contributed by atoms with Crippen molar-refractivity contribution in [2.45, 2.75) is 6.04 Å². The van der Waals surface area contributed by atoms with Crippen molar-refractivity contribution in [3.8, 4) is 6.07 Å². The summed E-state index contributed by atoms with van der Waals surface area (Å²) in [7, 11) is 2.13. The second kappa shape index (κ2) is 7.73. The van der Waals surface area contributed by atoms with E-state index in [1.807, 2.05) is 24.3 Å². The molecule has 0 amide bonds. The van der Waals surface area contributed by atoms with Gasteiger partial charge in [-0.15, -0.1) is 0 Å². The van der Waals surface area contributed by atoms with Crippen LogP contribution in [-0.2, 0) is 0 Å². The van der Waals surface area contributed by atoms with Crippen molar-refractivity contribution in [1.29, 1.82) is 5.26 Å². The molecular weight excluding hydrogens is 339 g/mol. The van der Waals surface area contributed by atoms with Crippen molar-refractivity contribution in [2.24, 2.45) is 0 Å². The second-order valence-electron chi connectivity index (χ2n) is 6.22. The fourth-order valence-corrected chi connectivity index (χ4v) is 3.07. The van der Waals surface area contributed by atoms with Crippen molar-refractivity contribution < 1.29 is 4.39 Å². The van der Waals surface area contributed by atoms with Crippen LogP contribution in [0.2, 0.25) is 5.02 Å². The Labute approximate surface area is 152 Å². The second-order valence-corrected chi connectivity index (χ2v) is 6.62. The Morgan fingerprint density at radius 3 is 2.40 bits per heavy atom. The van der Waals surface area contributed by atoms with Crippen molar-refractivity contribution in [2.75, 3.05) is 43.4 Å². The first-order valence-electron chi connectivity index (χ1n) is 8.21. The lowest BCUT2D eigenvalue weighted by molar-refractivity contribution is 0.313. The van der Waals surface area contributed by atoms with E-state index < -0.39 is 11.9 Å². The molecule has 6 heteroatoms. The van der Waals surface area contributed by atoms with E-state index in [-0.39, 0.29) is 5.02 Å². The van der Waals surface area contributed by atoms with E-state index in [0.29, 0.717) is 5.69 Å². The summed E-state index contributed by atoms with van der Waals surface area (Å²) in [6.07, 6.45) is 0. The molecule has 25 heavy (non-hydrogen) atoms. The number of nitriles is 1. The van der Waals surface area contributed by atoms with Crippen molar-refractivity contribution in [1.82, 2.24) is 4.90 Å². The zero-order valence-corrected chi connectivity index (χ0v) is 14.8. The van der Waals surface area contributed by atoms with Crippen LogP contribution in [0.25, 0.3) is 0 Å². The molecule has 1 heterocycles. The highest BCUT2D eigenvalue weighted by atomic mass is 35.5. The number of hydrogen-bond acceptors (Lipinski definition) is 4. The third kappa shape index (κ3) is 4.22. The topological polar surface area (TPSA) is 42.3 Å². The molecule has 1 N–H and O–H groups in total. The Morgan fingerprint density at radius 1 is 1.12 bits per heavy atom. The maximum absolute atomic E-state index is 13.3. The molecule has 130 valence electrons. The van der Waals surface area contributed by atoms with Crippen LogP contribution in [0.5, 0.6) is 0 Å². The van der Waals surface area contributed by atoms with Gasteiger partial charge in [0.2, 0.25) is 0 Å². The van der Waals surface area contributed by atoms with Crippen LogP contribution in [0.3, 0.4) is 0 Å². The predicted octanol–water partition coefficient (Wildman–Crippen LogP) is 3.91. The first-order chi connectivity index (χ1) is 12.1. The molecule has 1 atom stereocenters. The highest BCUT2D eigenvalue weighted by molar-refractivity contribution is 6.31. The number of piperazine rings is 1. The van der Waals surface area contributed by atoms with Crippen LogP contribution in [0.15, 0.2) is 42.5 Å². The Morgan fingerprint density at radius 2 is 1.80 bits per heavy atom. The maximum atomic E-state index is 13.3. The SMILES string of the molecule is CN1CCN(c2ccc(C(C#N)Nc3ccc(F)c(Cl)c3)cc2)CC1. The van der Waals surface area contributed by atoms with Gasteiger partial charge in [0.25, 0.3) is 0 Å². The van der Waals surface area contributed by atoms with Crippen molar-refractivity contribution in [3.05, 3.63) is 58.9 Å². The molecule has 0 spiro atoms. The van der Waals surface area contributed by atoms with E-state index >= 15 is 0 Å². The molecule has 1 aliphatic heterocycles. The molecule has 3 rings (SSSR count). The van der Waals surface area contributed by atoms with Gasteiger partial charge in [0.05, 0.1) is 11.1 Å². The van der Waals surface area contributed by atoms with Gasteiger partial charge in [0.15, 0.2) is 0 Å². The fraction of sp³-hybridized carbons (Fsp3) is 0.316. The molecule has 2 aromatic rings. The highest BCUT2D eigenvalue weighted by Crippen LogP contribution is 2.25. The molecule has 1 fully saturated rings. The van der Waals surface area contributed by atoms with Gasteiger partial charge < -0.3 is 15.1 Å². The van der Waals surface area contributed by atoms with Gasteiger partial charge in [-0.25, -0.2) is 4.39 Å². The average Bonchev–Trinajstić information content (AvgIpc) is 2.63. The largest absolute Gasteiger partial charge is 0.369 e. The van der Waals surface area contributed by atoms with Crippen molar-refractivity contribution in [3.63, 3.8) is 0 Å². The summed E-state index contributed by atoms with van der Waals surface area (Å²) in [6.45, 7) is 4.11. The lowest BCUT2D eigenvalue weighted by atomic mass is 10.1. The quantitative estimate of drug-likeness (QED) is 0.899. The summed E-state index contributed by atoms with van der Waals surface area (Å²) in [5.74, 6) is -0.475. The Bertz CT molecular complexity index is 764. The zero-order valence-electron chi connectivity index (χ0n) is 14.0. The molecule has 1 aliphatic rings. The van der Waals surface area contributed by atoms with Gasteiger partial charge in [-0.1, -0.05) is 23.7 Å². The van der Waals surface area contributed by atoms with E-state index in [4.69, 9.17) is 11.6 Å². The number of rotatable bonds is 4. The number of hydrogen-bond donors (Lipinski definition) is 1. The summed E-state index contributed by atoms with van der Waals surface area (Å²) in [5.41, 5.74) is 2.64. The summed E-state index contributed by atoms with van der Waals surface area (Å²) < 4.78 is 13.3. The van der Waals surface area contributed by atoms with Gasteiger partial charge in [-0.05, 0) is 42.9 Å². The minimum Gasteiger partial charge on any atom is -0.369 e.